The van der Waals surface area contributed by atoms with Crippen molar-refractivity contribution in [1.29, 1.82) is 0 Å². The molecule has 0 aromatic heterocycles. The summed E-state index contributed by atoms with van der Waals surface area (Å²) in [6.07, 6.45) is 0. The standard InChI is InChI=1S/C24H25N3/c1-17-14-27(15-17)16-19-11-12-22(21-10-6-5-9-20(19)21)24-25-13-23(26-24)18-7-3-2-4-8-18/h2-12,17,23H,13-16H2,1H3,(H,25,26). The SMILES string of the molecule is CC1CN(Cc2ccc(C3=NCC(c4ccccc4)N3)c3ccccc23)C1. The Kier molecular flexibility index (Phi) is 4.17. The third-order valence-electron chi connectivity index (χ3n) is 5.75. The molecule has 2 aliphatic rings. The molecule has 1 N–H and O–H groups in total. The summed E-state index contributed by atoms with van der Waals surface area (Å²) in [5, 5.41) is 6.29. The van der Waals surface area contributed by atoms with Gasteiger partial charge in [0.2, 0.25) is 0 Å². The van der Waals surface area contributed by atoms with Crippen molar-refractivity contribution in [2.45, 2.75) is 19.5 Å². The van der Waals surface area contributed by atoms with E-state index in [4.69, 9.17) is 4.99 Å². The van der Waals surface area contributed by atoms with E-state index in [9.17, 15) is 0 Å². The summed E-state index contributed by atoms with van der Waals surface area (Å²) < 4.78 is 0. The monoisotopic (exact) mass is 355 g/mol. The number of hydrogen-bond donors (Lipinski definition) is 1. The smallest absolute Gasteiger partial charge is 0.129 e. The zero-order valence-corrected chi connectivity index (χ0v) is 15.7. The van der Waals surface area contributed by atoms with Gasteiger partial charge in [0.15, 0.2) is 0 Å². The molecule has 2 aliphatic heterocycles. The minimum Gasteiger partial charge on any atom is -0.361 e. The fraction of sp³-hybridized carbons (Fsp3) is 0.292. The molecule has 0 saturated carbocycles. The van der Waals surface area contributed by atoms with E-state index in [0.717, 1.165) is 24.8 Å². The largest absolute Gasteiger partial charge is 0.361 e. The quantitative estimate of drug-likeness (QED) is 0.752. The molecule has 1 fully saturated rings. The van der Waals surface area contributed by atoms with Crippen LogP contribution in [0.5, 0.6) is 0 Å². The molecular formula is C24H25N3. The van der Waals surface area contributed by atoms with Gasteiger partial charge in [0.05, 0.1) is 12.6 Å². The van der Waals surface area contributed by atoms with Crippen LogP contribution in [0.2, 0.25) is 0 Å². The summed E-state index contributed by atoms with van der Waals surface area (Å²) in [4.78, 5) is 7.37. The lowest BCUT2D eigenvalue weighted by molar-refractivity contribution is 0.105. The second-order valence-electron chi connectivity index (χ2n) is 7.91. The Morgan fingerprint density at radius 1 is 0.926 bits per heavy atom. The minimum absolute atomic E-state index is 0.266. The topological polar surface area (TPSA) is 27.6 Å². The molecule has 3 aromatic carbocycles. The van der Waals surface area contributed by atoms with Gasteiger partial charge in [-0.3, -0.25) is 9.89 Å². The van der Waals surface area contributed by atoms with Crippen LogP contribution in [0.25, 0.3) is 10.8 Å². The molecule has 0 spiro atoms. The molecule has 0 amide bonds. The van der Waals surface area contributed by atoms with Crippen molar-refractivity contribution in [3.63, 3.8) is 0 Å². The molecule has 3 aromatic rings. The van der Waals surface area contributed by atoms with Crippen molar-refractivity contribution < 1.29 is 0 Å². The highest BCUT2D eigenvalue weighted by atomic mass is 15.2. The fourth-order valence-electron chi connectivity index (χ4n) is 4.38. The van der Waals surface area contributed by atoms with E-state index in [-0.39, 0.29) is 6.04 Å². The molecule has 3 nitrogen and oxygen atoms in total. The van der Waals surface area contributed by atoms with Crippen LogP contribution in [0.15, 0.2) is 71.7 Å². The lowest BCUT2D eigenvalue weighted by Crippen LogP contribution is -2.44. The van der Waals surface area contributed by atoms with Gasteiger partial charge >= 0.3 is 0 Å². The molecular weight excluding hydrogens is 330 g/mol. The maximum absolute atomic E-state index is 4.84. The van der Waals surface area contributed by atoms with Gasteiger partial charge in [0, 0.05) is 25.2 Å². The van der Waals surface area contributed by atoms with Gasteiger partial charge < -0.3 is 5.32 Å². The summed E-state index contributed by atoms with van der Waals surface area (Å²) in [7, 11) is 0. The van der Waals surface area contributed by atoms with Crippen LogP contribution in [0, 0.1) is 5.92 Å². The molecule has 0 aliphatic carbocycles. The molecule has 3 heteroatoms. The first-order chi connectivity index (χ1) is 13.3. The van der Waals surface area contributed by atoms with Crippen LogP contribution < -0.4 is 5.32 Å². The number of fused-ring (bicyclic) bond motifs is 1. The normalized spacial score (nSPS) is 20.3. The summed E-state index contributed by atoms with van der Waals surface area (Å²) in [5.74, 6) is 1.85. The Hall–Kier alpha value is -2.65. The molecule has 0 bridgehead atoms. The first kappa shape index (κ1) is 16.5. The number of nitrogens with one attached hydrogen (secondary N) is 1. The van der Waals surface area contributed by atoms with Gasteiger partial charge in [0.1, 0.15) is 5.84 Å². The van der Waals surface area contributed by atoms with Crippen molar-refractivity contribution in [3.05, 3.63) is 83.4 Å². The third-order valence-corrected chi connectivity index (χ3v) is 5.75. The average molecular weight is 355 g/mol. The number of benzene rings is 3. The van der Waals surface area contributed by atoms with Crippen LogP contribution >= 0.6 is 0 Å². The molecule has 1 atom stereocenters. The molecule has 0 radical (unpaired) electrons. The van der Waals surface area contributed by atoms with Gasteiger partial charge in [0.25, 0.3) is 0 Å². The summed E-state index contributed by atoms with van der Waals surface area (Å²) >= 11 is 0. The highest BCUT2D eigenvalue weighted by Crippen LogP contribution is 2.28. The second kappa shape index (κ2) is 6.82. The summed E-state index contributed by atoms with van der Waals surface area (Å²) in [6, 6.07) is 24.2. The van der Waals surface area contributed by atoms with E-state index in [1.807, 2.05) is 0 Å². The van der Waals surface area contributed by atoms with E-state index < -0.39 is 0 Å². The molecule has 136 valence electrons. The number of amidine groups is 1. The van der Waals surface area contributed by atoms with Crippen LogP contribution in [-0.4, -0.2) is 30.4 Å². The summed E-state index contributed by atoms with van der Waals surface area (Å²) in [5.41, 5.74) is 3.92. The molecule has 1 saturated heterocycles. The summed E-state index contributed by atoms with van der Waals surface area (Å²) in [6.45, 7) is 6.58. The van der Waals surface area contributed by atoms with Crippen LogP contribution in [0.1, 0.15) is 29.7 Å². The van der Waals surface area contributed by atoms with Crippen molar-refractivity contribution in [3.8, 4) is 0 Å². The van der Waals surface area contributed by atoms with E-state index >= 15 is 0 Å². The molecule has 27 heavy (non-hydrogen) atoms. The zero-order valence-electron chi connectivity index (χ0n) is 15.7. The Bertz CT molecular complexity index is 987. The van der Waals surface area contributed by atoms with Gasteiger partial charge in [-0.1, -0.05) is 73.7 Å². The first-order valence-corrected chi connectivity index (χ1v) is 9.87. The molecule has 1 unspecified atom stereocenters. The van der Waals surface area contributed by atoms with Crippen molar-refractivity contribution in [2.75, 3.05) is 19.6 Å². The number of hydrogen-bond acceptors (Lipinski definition) is 3. The Morgan fingerprint density at radius 3 is 2.44 bits per heavy atom. The Morgan fingerprint density at radius 2 is 1.67 bits per heavy atom. The van der Waals surface area contributed by atoms with Crippen LogP contribution in [0.3, 0.4) is 0 Å². The van der Waals surface area contributed by atoms with E-state index in [2.05, 4.69) is 83.9 Å². The second-order valence-corrected chi connectivity index (χ2v) is 7.91. The van der Waals surface area contributed by atoms with E-state index in [0.29, 0.717) is 0 Å². The highest BCUT2D eigenvalue weighted by molar-refractivity contribution is 6.11. The van der Waals surface area contributed by atoms with Gasteiger partial charge in [-0.25, -0.2) is 0 Å². The maximum Gasteiger partial charge on any atom is 0.129 e. The fourth-order valence-corrected chi connectivity index (χ4v) is 4.38. The molecule has 5 rings (SSSR count). The Labute approximate surface area is 160 Å². The van der Waals surface area contributed by atoms with Crippen LogP contribution in [-0.2, 0) is 6.54 Å². The number of likely N-dealkylation sites (tertiary alicyclic amines) is 1. The van der Waals surface area contributed by atoms with Gasteiger partial charge in [-0.05, 0) is 27.8 Å². The van der Waals surface area contributed by atoms with Crippen LogP contribution in [0.4, 0.5) is 0 Å². The Balaban J connectivity index is 1.44. The molecule has 2 heterocycles. The van der Waals surface area contributed by atoms with E-state index in [1.54, 1.807) is 0 Å². The van der Waals surface area contributed by atoms with Crippen molar-refractivity contribution >= 4 is 16.6 Å². The zero-order chi connectivity index (χ0) is 18.2. The van der Waals surface area contributed by atoms with E-state index in [1.165, 1.54) is 40.6 Å². The number of nitrogens with zero attached hydrogens (tertiary/aromatic N) is 2. The van der Waals surface area contributed by atoms with Gasteiger partial charge in [-0.15, -0.1) is 0 Å². The van der Waals surface area contributed by atoms with Crippen molar-refractivity contribution in [1.82, 2.24) is 10.2 Å². The highest BCUT2D eigenvalue weighted by Gasteiger charge is 2.24. The average Bonchev–Trinajstić information content (AvgIpc) is 3.17. The lowest BCUT2D eigenvalue weighted by Gasteiger charge is -2.37. The van der Waals surface area contributed by atoms with Gasteiger partial charge in [-0.2, -0.15) is 0 Å². The predicted octanol–water partition coefficient (Wildman–Crippen LogP) is 4.38. The lowest BCUT2D eigenvalue weighted by atomic mass is 9.96. The predicted molar refractivity (Wildman–Crippen MR) is 112 cm³/mol. The van der Waals surface area contributed by atoms with Crippen molar-refractivity contribution in [2.24, 2.45) is 10.9 Å². The maximum atomic E-state index is 4.84. The number of rotatable bonds is 4. The first-order valence-electron chi connectivity index (χ1n) is 9.87. The minimum atomic E-state index is 0.266. The number of aliphatic imine (C=N–C) groups is 1. The third kappa shape index (κ3) is 3.13.